The Morgan fingerprint density at radius 3 is 3.12 bits per heavy atom. The highest BCUT2D eigenvalue weighted by Crippen LogP contribution is 2.30. The minimum Gasteiger partial charge on any atom is -0.397 e. The molecular formula is C11H15ClN4O. The first-order chi connectivity index (χ1) is 8.13. The van der Waals surface area contributed by atoms with Crippen molar-refractivity contribution in [3.8, 4) is 0 Å². The lowest BCUT2D eigenvalue weighted by Crippen LogP contribution is -2.42. The van der Waals surface area contributed by atoms with Crippen LogP contribution in [0.2, 0.25) is 5.02 Å². The maximum Gasteiger partial charge on any atom is 0.242 e. The second-order valence-electron chi connectivity index (χ2n) is 4.04. The second kappa shape index (κ2) is 4.79. The van der Waals surface area contributed by atoms with Crippen molar-refractivity contribution < 1.29 is 4.79 Å². The summed E-state index contributed by atoms with van der Waals surface area (Å²) in [5.74, 6) is 0.629. The summed E-state index contributed by atoms with van der Waals surface area (Å²) in [6.45, 7) is 0.786. The molecule has 0 radical (unpaired) electrons. The number of pyridine rings is 1. The van der Waals surface area contributed by atoms with Crippen LogP contribution in [0.25, 0.3) is 0 Å². The smallest absolute Gasteiger partial charge is 0.242 e. The van der Waals surface area contributed by atoms with Gasteiger partial charge in [-0.2, -0.15) is 0 Å². The number of rotatable bonds is 2. The van der Waals surface area contributed by atoms with Gasteiger partial charge in [0.2, 0.25) is 5.91 Å². The Labute approximate surface area is 105 Å². The van der Waals surface area contributed by atoms with Crippen LogP contribution in [-0.2, 0) is 4.79 Å². The van der Waals surface area contributed by atoms with Crippen LogP contribution in [-0.4, -0.2) is 30.5 Å². The summed E-state index contributed by atoms with van der Waals surface area (Å²) in [5, 5.41) is 3.15. The third kappa shape index (κ3) is 2.29. The maximum atomic E-state index is 11.7. The molecule has 1 saturated heterocycles. The quantitative estimate of drug-likeness (QED) is 0.827. The lowest BCUT2D eigenvalue weighted by Gasteiger charge is -2.25. The highest BCUT2D eigenvalue weighted by atomic mass is 35.5. The molecule has 6 heteroatoms. The number of halogens is 1. The summed E-state index contributed by atoms with van der Waals surface area (Å²) in [6.07, 6.45) is 3.34. The number of hydrogen-bond donors (Lipinski definition) is 2. The number of nitrogens with two attached hydrogens (primary N) is 1. The van der Waals surface area contributed by atoms with Gasteiger partial charge in [-0.3, -0.25) is 4.79 Å². The van der Waals surface area contributed by atoms with Gasteiger partial charge in [-0.25, -0.2) is 4.98 Å². The average molecular weight is 255 g/mol. The lowest BCUT2D eigenvalue weighted by atomic mass is 10.2. The van der Waals surface area contributed by atoms with Crippen molar-refractivity contribution in [1.29, 1.82) is 0 Å². The molecule has 1 aromatic rings. The number of carbonyl (C=O) groups excluding carboxylic acids is 1. The van der Waals surface area contributed by atoms with Crippen LogP contribution in [0.3, 0.4) is 0 Å². The molecule has 1 aliphatic heterocycles. The van der Waals surface area contributed by atoms with Gasteiger partial charge in [0.15, 0.2) is 0 Å². The Bertz CT molecular complexity index is 437. The van der Waals surface area contributed by atoms with Crippen molar-refractivity contribution >= 4 is 29.0 Å². The standard InChI is InChI=1S/C11H15ClN4O/c1-14-11(17)9-3-2-4-16(9)10-8(12)5-7(13)6-15-10/h5-6,9H,2-4,13H2,1H3,(H,14,17). The monoisotopic (exact) mass is 254 g/mol. The van der Waals surface area contributed by atoms with E-state index in [-0.39, 0.29) is 11.9 Å². The third-order valence-electron chi connectivity index (χ3n) is 2.92. The number of likely N-dealkylation sites (N-methyl/N-ethyl adjacent to an activating group) is 1. The number of nitrogens with one attached hydrogen (secondary N) is 1. The van der Waals surface area contributed by atoms with E-state index in [1.54, 1.807) is 19.3 Å². The molecule has 0 aliphatic carbocycles. The molecule has 17 heavy (non-hydrogen) atoms. The van der Waals surface area contributed by atoms with E-state index in [2.05, 4.69) is 10.3 Å². The summed E-state index contributed by atoms with van der Waals surface area (Å²) in [5.41, 5.74) is 6.12. The molecule has 5 nitrogen and oxygen atoms in total. The SMILES string of the molecule is CNC(=O)C1CCCN1c1ncc(N)cc1Cl. The number of nitrogen functional groups attached to an aromatic ring is 1. The Hall–Kier alpha value is -1.49. The van der Waals surface area contributed by atoms with Gasteiger partial charge in [-0.05, 0) is 18.9 Å². The fraction of sp³-hybridized carbons (Fsp3) is 0.455. The Kier molecular flexibility index (Phi) is 3.38. The number of hydrogen-bond acceptors (Lipinski definition) is 4. The summed E-state index contributed by atoms with van der Waals surface area (Å²) in [4.78, 5) is 17.9. The van der Waals surface area contributed by atoms with E-state index in [0.29, 0.717) is 16.5 Å². The first kappa shape index (κ1) is 12.0. The predicted molar refractivity (Wildman–Crippen MR) is 68.1 cm³/mol. The molecule has 1 atom stereocenters. The second-order valence-corrected chi connectivity index (χ2v) is 4.45. The van der Waals surface area contributed by atoms with E-state index in [9.17, 15) is 4.79 Å². The Morgan fingerprint density at radius 1 is 1.71 bits per heavy atom. The molecule has 1 aliphatic rings. The normalized spacial score (nSPS) is 19.4. The molecule has 0 aromatic carbocycles. The molecule has 0 saturated carbocycles. The fourth-order valence-corrected chi connectivity index (χ4v) is 2.40. The summed E-state index contributed by atoms with van der Waals surface area (Å²) in [6, 6.07) is 1.47. The zero-order chi connectivity index (χ0) is 12.4. The molecule has 2 heterocycles. The van der Waals surface area contributed by atoms with Gasteiger partial charge in [0.05, 0.1) is 16.9 Å². The molecule has 0 bridgehead atoms. The lowest BCUT2D eigenvalue weighted by molar-refractivity contribution is -0.121. The Morgan fingerprint density at radius 2 is 2.47 bits per heavy atom. The zero-order valence-corrected chi connectivity index (χ0v) is 10.4. The molecule has 92 valence electrons. The van der Waals surface area contributed by atoms with Crippen LogP contribution in [0.5, 0.6) is 0 Å². The van der Waals surface area contributed by atoms with Gasteiger partial charge >= 0.3 is 0 Å². The fourth-order valence-electron chi connectivity index (χ4n) is 2.12. The van der Waals surface area contributed by atoms with E-state index in [1.807, 2.05) is 4.90 Å². The van der Waals surface area contributed by atoms with E-state index in [4.69, 9.17) is 17.3 Å². The first-order valence-electron chi connectivity index (χ1n) is 5.52. The van der Waals surface area contributed by atoms with Gasteiger partial charge in [0, 0.05) is 13.6 Å². The molecule has 2 rings (SSSR count). The van der Waals surface area contributed by atoms with Gasteiger partial charge in [0.25, 0.3) is 0 Å². The first-order valence-corrected chi connectivity index (χ1v) is 5.90. The van der Waals surface area contributed by atoms with E-state index in [0.717, 1.165) is 19.4 Å². The van der Waals surface area contributed by atoms with Crippen molar-refractivity contribution in [2.75, 3.05) is 24.2 Å². The molecule has 1 fully saturated rings. The number of nitrogens with zero attached hydrogens (tertiary/aromatic N) is 2. The molecular weight excluding hydrogens is 240 g/mol. The number of carbonyl (C=O) groups is 1. The largest absolute Gasteiger partial charge is 0.397 e. The Balaban J connectivity index is 2.29. The highest BCUT2D eigenvalue weighted by Gasteiger charge is 2.32. The van der Waals surface area contributed by atoms with Gasteiger partial charge in [-0.1, -0.05) is 11.6 Å². The molecule has 1 unspecified atom stereocenters. The minimum atomic E-state index is -0.186. The number of amides is 1. The topological polar surface area (TPSA) is 71.2 Å². The zero-order valence-electron chi connectivity index (χ0n) is 9.61. The van der Waals surface area contributed by atoms with Crippen molar-refractivity contribution in [1.82, 2.24) is 10.3 Å². The highest BCUT2D eigenvalue weighted by molar-refractivity contribution is 6.33. The van der Waals surface area contributed by atoms with Crippen molar-refractivity contribution in [3.05, 3.63) is 17.3 Å². The summed E-state index contributed by atoms with van der Waals surface area (Å²) >= 11 is 6.11. The van der Waals surface area contributed by atoms with Crippen LogP contribution < -0.4 is 16.0 Å². The van der Waals surface area contributed by atoms with Crippen LogP contribution >= 0.6 is 11.6 Å². The van der Waals surface area contributed by atoms with E-state index >= 15 is 0 Å². The predicted octanol–water partition coefficient (Wildman–Crippen LogP) is 1.03. The van der Waals surface area contributed by atoms with Crippen molar-refractivity contribution in [2.24, 2.45) is 0 Å². The maximum absolute atomic E-state index is 11.7. The molecule has 1 aromatic heterocycles. The van der Waals surface area contributed by atoms with Crippen molar-refractivity contribution in [2.45, 2.75) is 18.9 Å². The summed E-state index contributed by atoms with van der Waals surface area (Å²) < 4.78 is 0. The minimum absolute atomic E-state index is 0.00260. The molecule has 1 amide bonds. The molecule has 3 N–H and O–H groups in total. The van der Waals surface area contributed by atoms with Gasteiger partial charge < -0.3 is 16.0 Å². The van der Waals surface area contributed by atoms with Gasteiger partial charge in [-0.15, -0.1) is 0 Å². The van der Waals surface area contributed by atoms with Crippen LogP contribution in [0.15, 0.2) is 12.3 Å². The van der Waals surface area contributed by atoms with E-state index < -0.39 is 0 Å². The number of anilines is 2. The third-order valence-corrected chi connectivity index (χ3v) is 3.19. The van der Waals surface area contributed by atoms with Crippen LogP contribution in [0.4, 0.5) is 11.5 Å². The van der Waals surface area contributed by atoms with Gasteiger partial charge in [0.1, 0.15) is 11.9 Å². The average Bonchev–Trinajstić information content (AvgIpc) is 2.77. The van der Waals surface area contributed by atoms with E-state index in [1.165, 1.54) is 0 Å². The van der Waals surface area contributed by atoms with Crippen LogP contribution in [0.1, 0.15) is 12.8 Å². The van der Waals surface area contributed by atoms with Crippen LogP contribution in [0, 0.1) is 0 Å². The number of aromatic nitrogens is 1. The molecule has 0 spiro atoms. The van der Waals surface area contributed by atoms with Crippen molar-refractivity contribution in [3.63, 3.8) is 0 Å². The summed E-state index contributed by atoms with van der Waals surface area (Å²) in [7, 11) is 1.64.